The molecule has 2 aliphatic rings. The van der Waals surface area contributed by atoms with Gasteiger partial charge in [-0.1, -0.05) is 177 Å². The molecule has 2 saturated heterocycles. The van der Waals surface area contributed by atoms with Crippen molar-refractivity contribution >= 4 is 20.3 Å². The molecular weight excluding hydrogens is 809 g/mol. The molecule has 0 aliphatic carbocycles. The van der Waals surface area contributed by atoms with Crippen molar-refractivity contribution in [3.63, 3.8) is 0 Å². The molecule has 0 aromatic carbocycles. The Labute approximate surface area is 399 Å². The molecule has 2 heterocycles. The van der Waals surface area contributed by atoms with Crippen LogP contribution in [0.15, 0.2) is 0 Å². The number of piperidine rings is 2. The number of rotatable bonds is 39. The number of nitrogens with zero attached hydrogens (tertiary/aromatic N) is 2. The Morgan fingerprint density at radius 1 is 0.500 bits per heavy atom. The fraction of sp³-hybridized carbons (Fsp3) is 0.964. The van der Waals surface area contributed by atoms with E-state index in [0.717, 1.165) is 90.3 Å². The Balaban J connectivity index is 2.00. The lowest BCUT2D eigenvalue weighted by Gasteiger charge is -2.48. The summed E-state index contributed by atoms with van der Waals surface area (Å²) < 4.78 is 18.9. The van der Waals surface area contributed by atoms with E-state index in [9.17, 15) is 9.59 Å². The van der Waals surface area contributed by atoms with Crippen LogP contribution in [-0.4, -0.2) is 88.6 Å². The van der Waals surface area contributed by atoms with Crippen molar-refractivity contribution in [2.24, 2.45) is 17.3 Å². The Bertz CT molecular complexity index is 1090. The molecule has 64 heavy (non-hydrogen) atoms. The maximum atomic E-state index is 13.7. The van der Waals surface area contributed by atoms with E-state index in [0.29, 0.717) is 18.6 Å². The Morgan fingerprint density at radius 3 is 1.28 bits per heavy atom. The zero-order chi connectivity index (χ0) is 46.9. The summed E-state index contributed by atoms with van der Waals surface area (Å²) in [4.78, 5) is 32.8. The number of hydrogen-bond acceptors (Lipinski definition) is 7. The molecule has 2 atom stereocenters. The van der Waals surface area contributed by atoms with Gasteiger partial charge in [0.2, 0.25) is 0 Å². The quantitative estimate of drug-likeness (QED) is 0.0346. The van der Waals surface area contributed by atoms with Crippen molar-refractivity contribution in [2.75, 3.05) is 52.5 Å². The van der Waals surface area contributed by atoms with Crippen molar-refractivity contribution in [2.45, 2.75) is 278 Å². The lowest BCUT2D eigenvalue weighted by atomic mass is 9.71. The van der Waals surface area contributed by atoms with Crippen molar-refractivity contribution in [3.8, 4) is 0 Å². The van der Waals surface area contributed by atoms with Gasteiger partial charge in [0, 0.05) is 12.6 Å². The smallest absolute Gasteiger partial charge is 0.308 e. The van der Waals surface area contributed by atoms with E-state index < -0.39 is 8.32 Å². The molecule has 0 aromatic heterocycles. The molecule has 378 valence electrons. The predicted octanol–water partition coefficient (Wildman–Crippen LogP) is 15.9. The molecule has 0 radical (unpaired) electrons. The monoisotopic (exact) mass is 919 g/mol. The summed E-state index contributed by atoms with van der Waals surface area (Å²) in [6.45, 7) is 28.4. The minimum atomic E-state index is -1.66. The van der Waals surface area contributed by atoms with Crippen LogP contribution < -0.4 is 0 Å². The molecular formula is C56H110N2O5Si. The van der Waals surface area contributed by atoms with Gasteiger partial charge in [0.1, 0.15) is 0 Å². The average Bonchev–Trinajstić information content (AvgIpc) is 3.27. The Kier molecular flexibility index (Phi) is 32.5. The van der Waals surface area contributed by atoms with E-state index in [4.69, 9.17) is 13.9 Å². The van der Waals surface area contributed by atoms with E-state index >= 15 is 0 Å². The fourth-order valence-electron chi connectivity index (χ4n) is 10.2. The van der Waals surface area contributed by atoms with Crippen LogP contribution in [0.5, 0.6) is 0 Å². The van der Waals surface area contributed by atoms with Crippen LogP contribution >= 0.6 is 0 Å². The van der Waals surface area contributed by atoms with E-state index in [-0.39, 0.29) is 34.9 Å². The third kappa shape index (κ3) is 25.4. The van der Waals surface area contributed by atoms with Crippen LogP contribution in [0.2, 0.25) is 18.1 Å². The number of unbranched alkanes of at least 4 members (excludes halogenated alkanes) is 17. The zero-order valence-electron chi connectivity index (χ0n) is 44.5. The molecule has 7 nitrogen and oxygen atoms in total. The molecule has 1 spiro atoms. The number of carbonyl (C=O) groups excluding carboxylic acids is 2. The molecule has 0 amide bonds. The average molecular weight is 920 g/mol. The van der Waals surface area contributed by atoms with Crippen LogP contribution in [0.4, 0.5) is 0 Å². The van der Waals surface area contributed by atoms with E-state index in [1.165, 1.54) is 154 Å². The first-order valence-electron chi connectivity index (χ1n) is 28.2. The predicted molar refractivity (Wildman–Crippen MR) is 277 cm³/mol. The maximum Gasteiger partial charge on any atom is 0.308 e. The highest BCUT2D eigenvalue weighted by molar-refractivity contribution is 6.74. The first-order valence-corrected chi connectivity index (χ1v) is 31.2. The highest BCUT2D eigenvalue weighted by atomic mass is 28.4. The largest absolute Gasteiger partial charge is 0.465 e. The molecule has 0 N–H and O–H groups in total. The summed E-state index contributed by atoms with van der Waals surface area (Å²) in [6, 6.07) is 0.259. The van der Waals surface area contributed by atoms with Gasteiger partial charge in [-0.15, -0.1) is 0 Å². The van der Waals surface area contributed by atoms with Crippen molar-refractivity contribution in [3.05, 3.63) is 0 Å². The normalized spacial score (nSPS) is 17.7. The standard InChI is InChI=1S/C56H110N2O5Si/c1-10-14-18-22-24-28-34-50(32-26-20-16-12-3)53(59)61-48-36-52(37-49-62-54(60)51(33-27-21-17-13-4)35-29-25-23-19-15-11-2)58-45-40-56(41-46-58)38-43-57(44-39-56)42-30-31-47-63-64(8,9)55(5,6)7/h50-52H,10-49H2,1-9H3. The number of hydrogen-bond donors (Lipinski definition) is 0. The lowest BCUT2D eigenvalue weighted by Crippen LogP contribution is -2.50. The molecule has 8 heteroatoms. The highest BCUT2D eigenvalue weighted by Gasteiger charge is 2.39. The number of esters is 2. The third-order valence-corrected chi connectivity index (χ3v) is 20.6. The van der Waals surface area contributed by atoms with Crippen LogP contribution in [-0.2, 0) is 23.5 Å². The van der Waals surface area contributed by atoms with Crippen LogP contribution in [0.25, 0.3) is 0 Å². The van der Waals surface area contributed by atoms with Gasteiger partial charge in [0.25, 0.3) is 0 Å². The molecule has 0 saturated carbocycles. The highest BCUT2D eigenvalue weighted by Crippen LogP contribution is 2.42. The SMILES string of the molecule is CCCCCCCCC(CCCCCC)C(=O)OCCC(CCOC(=O)C(CCCCCC)CCCCCCCC)N1CCC2(CCN(CCCCO[Si](C)(C)C(C)(C)C)CC2)CC1. The van der Waals surface area contributed by atoms with Crippen molar-refractivity contribution in [1.82, 2.24) is 9.80 Å². The van der Waals surface area contributed by atoms with Crippen LogP contribution in [0.3, 0.4) is 0 Å². The van der Waals surface area contributed by atoms with Crippen molar-refractivity contribution in [1.29, 1.82) is 0 Å². The van der Waals surface area contributed by atoms with Crippen LogP contribution in [0.1, 0.15) is 254 Å². The summed E-state index contributed by atoms with van der Waals surface area (Å²) in [5.41, 5.74) is 0.449. The van der Waals surface area contributed by atoms with Gasteiger partial charge in [-0.3, -0.25) is 9.59 Å². The summed E-state index contributed by atoms with van der Waals surface area (Å²) in [5, 5.41) is 0.274. The number of carbonyl (C=O) groups is 2. The van der Waals surface area contributed by atoms with Gasteiger partial charge in [-0.25, -0.2) is 0 Å². The summed E-state index contributed by atoms with van der Waals surface area (Å²) in [7, 11) is -1.66. The third-order valence-electron chi connectivity index (χ3n) is 16.1. The second-order valence-corrected chi connectivity index (χ2v) is 27.3. The minimum absolute atomic E-state index is 0.0275. The van der Waals surface area contributed by atoms with E-state index in [2.05, 4.69) is 71.4 Å². The summed E-state index contributed by atoms with van der Waals surface area (Å²) >= 11 is 0. The molecule has 0 aromatic rings. The number of likely N-dealkylation sites (tertiary alicyclic amines) is 2. The summed E-state index contributed by atoms with van der Waals surface area (Å²) in [6.07, 6.45) is 37.6. The molecule has 0 bridgehead atoms. The second kappa shape index (κ2) is 35.2. The summed E-state index contributed by atoms with van der Waals surface area (Å²) in [5.74, 6) is 0.117. The van der Waals surface area contributed by atoms with Gasteiger partial charge in [0.05, 0.1) is 25.0 Å². The zero-order valence-corrected chi connectivity index (χ0v) is 45.5. The maximum absolute atomic E-state index is 13.7. The topological polar surface area (TPSA) is 68.3 Å². The number of ether oxygens (including phenoxy) is 2. The van der Waals surface area contributed by atoms with E-state index in [1.807, 2.05) is 0 Å². The van der Waals surface area contributed by atoms with Gasteiger partial charge >= 0.3 is 11.9 Å². The first kappa shape index (κ1) is 59.2. The molecule has 2 unspecified atom stereocenters. The van der Waals surface area contributed by atoms with Gasteiger partial charge < -0.3 is 23.7 Å². The van der Waals surface area contributed by atoms with Crippen LogP contribution in [0, 0.1) is 17.3 Å². The van der Waals surface area contributed by atoms with Gasteiger partial charge in [-0.05, 0) is 133 Å². The molecule has 2 aliphatic heterocycles. The first-order chi connectivity index (χ1) is 30.8. The second-order valence-electron chi connectivity index (χ2n) is 22.5. The lowest BCUT2D eigenvalue weighted by molar-refractivity contribution is -0.150. The van der Waals surface area contributed by atoms with Gasteiger partial charge in [-0.2, -0.15) is 0 Å². The molecule has 2 rings (SSSR count). The minimum Gasteiger partial charge on any atom is -0.465 e. The molecule has 2 fully saturated rings. The fourth-order valence-corrected chi connectivity index (χ4v) is 11.3. The Hall–Kier alpha value is -0.963. The van der Waals surface area contributed by atoms with E-state index in [1.54, 1.807) is 0 Å². The Morgan fingerprint density at radius 2 is 0.875 bits per heavy atom. The van der Waals surface area contributed by atoms with Gasteiger partial charge in [0.15, 0.2) is 8.32 Å². The van der Waals surface area contributed by atoms with Crippen molar-refractivity contribution < 1.29 is 23.5 Å².